The average Bonchev–Trinajstić information content (AvgIpc) is 3.21. The van der Waals surface area contributed by atoms with Crippen LogP contribution in [0.2, 0.25) is 0 Å². The molecule has 0 aliphatic heterocycles. The van der Waals surface area contributed by atoms with Crippen LogP contribution in [0.25, 0.3) is 0 Å². The Labute approximate surface area is 112 Å². The zero-order valence-electron chi connectivity index (χ0n) is 11.9. The highest BCUT2D eigenvalue weighted by Gasteiger charge is 2.45. The van der Waals surface area contributed by atoms with Crippen LogP contribution in [0.15, 0.2) is 0 Å². The van der Waals surface area contributed by atoms with Crippen molar-refractivity contribution < 1.29 is 0 Å². The van der Waals surface area contributed by atoms with Gasteiger partial charge in [0.15, 0.2) is 0 Å². The van der Waals surface area contributed by atoms with Crippen LogP contribution in [0.1, 0.15) is 51.4 Å². The molecule has 3 heteroatoms. The number of hydrogen-bond acceptors (Lipinski definition) is 3. The smallest absolute Gasteiger partial charge is 0.122 e. The predicted molar refractivity (Wildman–Crippen MR) is 74.2 cm³/mol. The first-order chi connectivity index (χ1) is 8.72. The van der Waals surface area contributed by atoms with Gasteiger partial charge in [0, 0.05) is 12.6 Å². The Balaban J connectivity index is 1.95. The fraction of sp³-hybridized carbons (Fsp3) is 0.933. The fourth-order valence-electron chi connectivity index (χ4n) is 3.39. The zero-order valence-corrected chi connectivity index (χ0v) is 11.9. The molecule has 1 N–H and O–H groups in total. The minimum Gasteiger partial charge on any atom is -0.301 e. The van der Waals surface area contributed by atoms with Crippen molar-refractivity contribution in [2.24, 2.45) is 5.92 Å². The highest BCUT2D eigenvalue weighted by Crippen LogP contribution is 2.40. The molecule has 0 radical (unpaired) electrons. The molecule has 0 aromatic heterocycles. The molecule has 0 heterocycles. The summed E-state index contributed by atoms with van der Waals surface area (Å²) in [6.45, 7) is 0.884. The van der Waals surface area contributed by atoms with Crippen LogP contribution in [-0.4, -0.2) is 37.1 Å². The van der Waals surface area contributed by atoms with Gasteiger partial charge in [0.2, 0.25) is 0 Å². The van der Waals surface area contributed by atoms with Crippen molar-refractivity contribution in [2.45, 2.75) is 62.9 Å². The minimum absolute atomic E-state index is 0.305. The first-order valence-electron chi connectivity index (χ1n) is 7.52. The summed E-state index contributed by atoms with van der Waals surface area (Å²) in [6.07, 6.45) is 10.6. The second kappa shape index (κ2) is 6.04. The molecule has 0 bridgehead atoms. The Kier molecular flexibility index (Phi) is 4.64. The third-order valence-electron chi connectivity index (χ3n) is 4.87. The summed E-state index contributed by atoms with van der Waals surface area (Å²) >= 11 is 0. The van der Waals surface area contributed by atoms with E-state index in [1.807, 2.05) is 7.05 Å². The number of nitriles is 1. The van der Waals surface area contributed by atoms with E-state index in [1.54, 1.807) is 0 Å². The van der Waals surface area contributed by atoms with Crippen molar-refractivity contribution in [2.75, 3.05) is 20.6 Å². The van der Waals surface area contributed by atoms with Crippen LogP contribution < -0.4 is 5.32 Å². The van der Waals surface area contributed by atoms with Gasteiger partial charge in [-0.3, -0.25) is 0 Å². The van der Waals surface area contributed by atoms with Crippen LogP contribution in [0.4, 0.5) is 0 Å². The Bertz CT molecular complexity index is 297. The molecule has 2 saturated carbocycles. The van der Waals surface area contributed by atoms with E-state index in [0.717, 1.165) is 6.54 Å². The summed E-state index contributed by atoms with van der Waals surface area (Å²) in [5.41, 5.74) is -0.305. The van der Waals surface area contributed by atoms with Gasteiger partial charge in [0.05, 0.1) is 6.07 Å². The number of nitrogens with one attached hydrogen (secondary N) is 1. The van der Waals surface area contributed by atoms with Crippen molar-refractivity contribution in [3.8, 4) is 6.07 Å². The molecule has 0 amide bonds. The molecule has 2 rings (SSSR count). The Hall–Kier alpha value is -0.590. The quantitative estimate of drug-likeness (QED) is 0.761. The molecular formula is C15H27N3. The normalized spacial score (nSPS) is 25.4. The summed E-state index contributed by atoms with van der Waals surface area (Å²) in [4.78, 5) is 2.45. The van der Waals surface area contributed by atoms with Crippen molar-refractivity contribution in [3.05, 3.63) is 0 Å². The molecule has 0 aromatic carbocycles. The summed E-state index contributed by atoms with van der Waals surface area (Å²) in [5.74, 6) is 0.570. The van der Waals surface area contributed by atoms with Crippen LogP contribution in [0, 0.1) is 17.2 Å². The summed E-state index contributed by atoms with van der Waals surface area (Å²) in [7, 11) is 4.16. The standard InChI is InChI=1S/C15H27N3/c1-17-15(11-16,13-9-10-13)12-18(2)14-7-5-3-4-6-8-14/h13-14,17H,3-10,12H2,1-2H3. The molecule has 2 fully saturated rings. The van der Waals surface area contributed by atoms with E-state index < -0.39 is 0 Å². The second-order valence-electron chi connectivity index (χ2n) is 6.17. The third-order valence-corrected chi connectivity index (χ3v) is 4.87. The van der Waals surface area contributed by atoms with Crippen LogP contribution >= 0.6 is 0 Å². The lowest BCUT2D eigenvalue weighted by Crippen LogP contribution is -2.54. The zero-order chi connectivity index (χ0) is 13.0. The number of nitrogens with zero attached hydrogens (tertiary/aromatic N) is 2. The topological polar surface area (TPSA) is 39.1 Å². The highest BCUT2D eigenvalue weighted by atomic mass is 15.2. The van der Waals surface area contributed by atoms with Gasteiger partial charge >= 0.3 is 0 Å². The molecule has 102 valence electrons. The van der Waals surface area contributed by atoms with E-state index in [9.17, 15) is 5.26 Å². The van der Waals surface area contributed by atoms with E-state index >= 15 is 0 Å². The van der Waals surface area contributed by atoms with Gasteiger partial charge in [0.25, 0.3) is 0 Å². The van der Waals surface area contributed by atoms with Crippen molar-refractivity contribution >= 4 is 0 Å². The molecular weight excluding hydrogens is 222 g/mol. The number of hydrogen-bond donors (Lipinski definition) is 1. The van der Waals surface area contributed by atoms with E-state index in [1.165, 1.54) is 51.4 Å². The average molecular weight is 249 g/mol. The molecule has 3 nitrogen and oxygen atoms in total. The van der Waals surface area contributed by atoms with Gasteiger partial charge in [-0.2, -0.15) is 5.26 Å². The molecule has 18 heavy (non-hydrogen) atoms. The van der Waals surface area contributed by atoms with Gasteiger partial charge in [0.1, 0.15) is 5.54 Å². The van der Waals surface area contributed by atoms with Gasteiger partial charge in [-0.25, -0.2) is 0 Å². The Morgan fingerprint density at radius 1 is 1.17 bits per heavy atom. The molecule has 0 spiro atoms. The van der Waals surface area contributed by atoms with Gasteiger partial charge < -0.3 is 10.2 Å². The van der Waals surface area contributed by atoms with E-state index in [4.69, 9.17) is 0 Å². The summed E-state index contributed by atoms with van der Waals surface area (Å²) in [5, 5.41) is 12.9. The predicted octanol–water partition coefficient (Wildman–Crippen LogP) is 2.53. The van der Waals surface area contributed by atoms with E-state index in [0.29, 0.717) is 12.0 Å². The largest absolute Gasteiger partial charge is 0.301 e. The lowest BCUT2D eigenvalue weighted by molar-refractivity contribution is 0.169. The SMILES string of the molecule is CNC(C#N)(CN(C)C1CCCCCC1)C1CC1. The maximum absolute atomic E-state index is 9.55. The van der Waals surface area contributed by atoms with Gasteiger partial charge in [-0.05, 0) is 45.7 Å². The van der Waals surface area contributed by atoms with Crippen LogP contribution in [-0.2, 0) is 0 Å². The van der Waals surface area contributed by atoms with Crippen molar-refractivity contribution in [1.82, 2.24) is 10.2 Å². The van der Waals surface area contributed by atoms with Gasteiger partial charge in [-0.15, -0.1) is 0 Å². The number of rotatable bonds is 5. The monoisotopic (exact) mass is 249 g/mol. The van der Waals surface area contributed by atoms with E-state index in [2.05, 4.69) is 23.3 Å². The summed E-state index contributed by atoms with van der Waals surface area (Å²) in [6, 6.07) is 3.25. The number of likely N-dealkylation sites (N-methyl/N-ethyl adjacent to an activating group) is 2. The second-order valence-corrected chi connectivity index (χ2v) is 6.17. The van der Waals surface area contributed by atoms with Crippen LogP contribution in [0.5, 0.6) is 0 Å². The molecule has 0 aromatic rings. The molecule has 2 aliphatic rings. The maximum atomic E-state index is 9.55. The first kappa shape index (κ1) is 13.8. The van der Waals surface area contributed by atoms with Crippen molar-refractivity contribution in [1.29, 1.82) is 5.26 Å². The highest BCUT2D eigenvalue weighted by molar-refractivity contribution is 5.16. The van der Waals surface area contributed by atoms with Crippen molar-refractivity contribution in [3.63, 3.8) is 0 Å². The van der Waals surface area contributed by atoms with E-state index in [-0.39, 0.29) is 5.54 Å². The fourth-order valence-corrected chi connectivity index (χ4v) is 3.39. The minimum atomic E-state index is -0.305. The third kappa shape index (κ3) is 3.05. The Morgan fingerprint density at radius 2 is 1.78 bits per heavy atom. The van der Waals surface area contributed by atoms with Crippen LogP contribution in [0.3, 0.4) is 0 Å². The summed E-state index contributed by atoms with van der Waals surface area (Å²) < 4.78 is 0. The lowest BCUT2D eigenvalue weighted by atomic mass is 9.93. The first-order valence-corrected chi connectivity index (χ1v) is 7.52. The van der Waals surface area contributed by atoms with Gasteiger partial charge in [-0.1, -0.05) is 25.7 Å². The lowest BCUT2D eigenvalue weighted by Gasteiger charge is -2.35. The molecule has 2 aliphatic carbocycles. The maximum Gasteiger partial charge on any atom is 0.122 e. The molecule has 0 saturated heterocycles. The molecule has 1 atom stereocenters. The Morgan fingerprint density at radius 3 is 2.22 bits per heavy atom. The molecule has 1 unspecified atom stereocenters.